The van der Waals surface area contributed by atoms with Crippen LogP contribution >= 0.6 is 11.6 Å². The molecule has 0 saturated carbocycles. The van der Waals surface area contributed by atoms with Crippen molar-refractivity contribution in [3.05, 3.63) is 0 Å². The molecule has 0 fully saturated rings. The molecule has 0 atom stereocenters. The molecule has 0 heterocycles. The fourth-order valence-corrected chi connectivity index (χ4v) is 0.312. The number of carbonyl (C=O) groups excluding carboxylic acids is 1. The predicted octanol–water partition coefficient (Wildman–Crippen LogP) is 0.0631. The molecule has 0 aliphatic heterocycles. The number of methoxy groups -OCH3 is 1. The van der Waals surface area contributed by atoms with Crippen LogP contribution in [-0.4, -0.2) is 24.9 Å². The molecule has 6 heteroatoms. The summed E-state index contributed by atoms with van der Waals surface area (Å²) in [4.78, 5) is 10.3. The molecule has 10 heavy (non-hydrogen) atoms. The summed E-state index contributed by atoms with van der Waals surface area (Å²) in [6, 6.07) is 0. The lowest BCUT2D eigenvalue weighted by molar-refractivity contribution is 0.166. The topological polar surface area (TPSA) is 74.2 Å². The van der Waals surface area contributed by atoms with Crippen LogP contribution < -0.4 is 10.9 Å². The number of nitrogens with one attached hydrogen (secondary N) is 3. The summed E-state index contributed by atoms with van der Waals surface area (Å²) < 4.78 is 4.21. The summed E-state index contributed by atoms with van der Waals surface area (Å²) in [5, 5.41) is 6.62. The zero-order chi connectivity index (χ0) is 7.98. The van der Waals surface area contributed by atoms with Crippen molar-refractivity contribution in [1.82, 2.24) is 10.9 Å². The standard InChI is InChI=1S/C4H8ClN3O2/c1-10-4(9)8-7-2-3(5)6/h6-7H,2H2,1H3,(H,8,9). The van der Waals surface area contributed by atoms with Gasteiger partial charge in [-0.2, -0.15) is 0 Å². The van der Waals surface area contributed by atoms with Crippen molar-refractivity contribution in [3.8, 4) is 0 Å². The minimum absolute atomic E-state index is 0.0867. The van der Waals surface area contributed by atoms with Gasteiger partial charge >= 0.3 is 6.09 Å². The molecule has 0 spiro atoms. The van der Waals surface area contributed by atoms with Gasteiger partial charge in [0.1, 0.15) is 5.17 Å². The average Bonchev–Trinajstić information content (AvgIpc) is 1.87. The highest BCUT2D eigenvalue weighted by molar-refractivity contribution is 6.65. The number of carbonyl (C=O) groups is 1. The summed E-state index contributed by atoms with van der Waals surface area (Å²) in [6.45, 7) is 0.0939. The molecule has 0 bridgehead atoms. The SMILES string of the molecule is COC(=O)NNCC(=N)Cl. The van der Waals surface area contributed by atoms with Crippen molar-refractivity contribution in [2.45, 2.75) is 0 Å². The molecular weight excluding hydrogens is 158 g/mol. The van der Waals surface area contributed by atoms with E-state index in [4.69, 9.17) is 17.0 Å². The molecule has 0 aliphatic rings. The molecule has 0 rings (SSSR count). The van der Waals surface area contributed by atoms with Gasteiger partial charge in [-0.25, -0.2) is 10.2 Å². The molecule has 0 radical (unpaired) electrons. The van der Waals surface area contributed by atoms with E-state index in [9.17, 15) is 4.79 Å². The summed E-state index contributed by atoms with van der Waals surface area (Å²) in [5.74, 6) is 0. The van der Waals surface area contributed by atoms with Crippen LogP contribution in [-0.2, 0) is 4.74 Å². The first-order chi connectivity index (χ1) is 4.66. The van der Waals surface area contributed by atoms with Crippen molar-refractivity contribution in [2.75, 3.05) is 13.7 Å². The maximum atomic E-state index is 10.3. The average molecular weight is 166 g/mol. The maximum absolute atomic E-state index is 10.3. The lowest BCUT2D eigenvalue weighted by Crippen LogP contribution is -2.39. The van der Waals surface area contributed by atoms with Crippen LogP contribution in [0.3, 0.4) is 0 Å². The van der Waals surface area contributed by atoms with E-state index in [1.807, 2.05) is 0 Å². The van der Waals surface area contributed by atoms with Crippen LogP contribution in [0, 0.1) is 5.41 Å². The van der Waals surface area contributed by atoms with Crippen LogP contribution in [0.1, 0.15) is 0 Å². The van der Waals surface area contributed by atoms with E-state index in [1.54, 1.807) is 0 Å². The summed E-state index contributed by atoms with van der Waals surface area (Å²) in [5.41, 5.74) is 4.48. The number of halogens is 1. The van der Waals surface area contributed by atoms with Gasteiger partial charge in [0.25, 0.3) is 0 Å². The zero-order valence-electron chi connectivity index (χ0n) is 5.40. The molecule has 0 aromatic heterocycles. The van der Waals surface area contributed by atoms with Crippen molar-refractivity contribution >= 4 is 22.9 Å². The highest BCUT2D eigenvalue weighted by Crippen LogP contribution is 1.74. The predicted molar refractivity (Wildman–Crippen MR) is 37.1 cm³/mol. The van der Waals surface area contributed by atoms with Gasteiger partial charge in [-0.1, -0.05) is 11.6 Å². The molecule has 0 unspecified atom stereocenters. The first-order valence-electron chi connectivity index (χ1n) is 2.46. The van der Waals surface area contributed by atoms with E-state index in [0.717, 1.165) is 0 Å². The van der Waals surface area contributed by atoms with Gasteiger partial charge in [-0.3, -0.25) is 10.8 Å². The third-order valence-corrected chi connectivity index (χ3v) is 0.753. The Labute approximate surface area is 63.2 Å². The van der Waals surface area contributed by atoms with E-state index in [2.05, 4.69) is 15.6 Å². The van der Waals surface area contributed by atoms with Gasteiger partial charge in [0.05, 0.1) is 13.7 Å². The fraction of sp³-hybridized carbons (Fsp3) is 0.500. The van der Waals surface area contributed by atoms with Gasteiger partial charge in [-0.05, 0) is 0 Å². The quantitative estimate of drug-likeness (QED) is 0.409. The first kappa shape index (κ1) is 9.19. The number of hydrogen-bond acceptors (Lipinski definition) is 4. The Kier molecular flexibility index (Phi) is 4.61. The number of ether oxygens (including phenoxy) is 1. The second-order valence-electron chi connectivity index (χ2n) is 1.38. The number of hydrogen-bond donors (Lipinski definition) is 3. The van der Waals surface area contributed by atoms with Gasteiger partial charge in [0, 0.05) is 0 Å². The Morgan fingerprint density at radius 2 is 2.40 bits per heavy atom. The lowest BCUT2D eigenvalue weighted by Gasteiger charge is -2.02. The highest BCUT2D eigenvalue weighted by atomic mass is 35.5. The minimum atomic E-state index is -0.613. The first-order valence-corrected chi connectivity index (χ1v) is 2.84. The van der Waals surface area contributed by atoms with E-state index in [-0.39, 0.29) is 11.7 Å². The fourth-order valence-electron chi connectivity index (χ4n) is 0.245. The van der Waals surface area contributed by atoms with Crippen LogP contribution in [0.15, 0.2) is 0 Å². The van der Waals surface area contributed by atoms with Crippen molar-refractivity contribution < 1.29 is 9.53 Å². The molecule has 0 aliphatic carbocycles. The van der Waals surface area contributed by atoms with Crippen molar-refractivity contribution in [3.63, 3.8) is 0 Å². The number of rotatable bonds is 3. The van der Waals surface area contributed by atoms with E-state index < -0.39 is 6.09 Å². The van der Waals surface area contributed by atoms with Crippen molar-refractivity contribution in [1.29, 1.82) is 5.41 Å². The van der Waals surface area contributed by atoms with Crippen LogP contribution in [0.2, 0.25) is 0 Å². The van der Waals surface area contributed by atoms with E-state index >= 15 is 0 Å². The second-order valence-corrected chi connectivity index (χ2v) is 1.83. The Balaban J connectivity index is 3.20. The smallest absolute Gasteiger partial charge is 0.421 e. The molecule has 3 N–H and O–H groups in total. The lowest BCUT2D eigenvalue weighted by atomic mass is 10.7. The van der Waals surface area contributed by atoms with Crippen LogP contribution in [0.4, 0.5) is 4.79 Å². The Morgan fingerprint density at radius 3 is 2.80 bits per heavy atom. The summed E-state index contributed by atoms with van der Waals surface area (Å²) in [7, 11) is 1.24. The summed E-state index contributed by atoms with van der Waals surface area (Å²) in [6.07, 6.45) is -0.613. The third kappa shape index (κ3) is 5.33. The van der Waals surface area contributed by atoms with E-state index in [0.29, 0.717) is 0 Å². The summed E-state index contributed by atoms with van der Waals surface area (Å²) >= 11 is 5.13. The molecule has 0 aromatic rings. The third-order valence-electron chi connectivity index (χ3n) is 0.619. The Hall–Kier alpha value is -0.810. The Bertz CT molecular complexity index is 138. The molecule has 0 saturated heterocycles. The van der Waals surface area contributed by atoms with Gasteiger partial charge < -0.3 is 4.74 Å². The van der Waals surface area contributed by atoms with Crippen LogP contribution in [0.5, 0.6) is 0 Å². The van der Waals surface area contributed by atoms with Gasteiger partial charge in [0.2, 0.25) is 0 Å². The molecule has 5 nitrogen and oxygen atoms in total. The normalized spacial score (nSPS) is 8.60. The monoisotopic (exact) mass is 165 g/mol. The zero-order valence-corrected chi connectivity index (χ0v) is 6.16. The number of amides is 1. The largest absolute Gasteiger partial charge is 0.452 e. The minimum Gasteiger partial charge on any atom is -0.452 e. The van der Waals surface area contributed by atoms with Gasteiger partial charge in [0.15, 0.2) is 0 Å². The second kappa shape index (κ2) is 5.01. The molecule has 1 amide bonds. The number of hydrazine groups is 1. The van der Waals surface area contributed by atoms with E-state index in [1.165, 1.54) is 7.11 Å². The molecule has 0 aromatic carbocycles. The molecule has 58 valence electrons. The maximum Gasteiger partial charge on any atom is 0.421 e. The Morgan fingerprint density at radius 1 is 1.80 bits per heavy atom. The van der Waals surface area contributed by atoms with Crippen molar-refractivity contribution in [2.24, 2.45) is 0 Å². The highest BCUT2D eigenvalue weighted by Gasteiger charge is 1.95. The van der Waals surface area contributed by atoms with Gasteiger partial charge in [-0.15, -0.1) is 0 Å². The molecular formula is C4H8ClN3O2. The van der Waals surface area contributed by atoms with Crippen LogP contribution in [0.25, 0.3) is 0 Å².